The topological polar surface area (TPSA) is 72.1 Å². The highest BCUT2D eigenvalue weighted by atomic mass is 16.5. The summed E-state index contributed by atoms with van der Waals surface area (Å²) in [6.45, 7) is 5.69. The van der Waals surface area contributed by atoms with Crippen LogP contribution in [-0.4, -0.2) is 57.9 Å². The molecule has 0 aromatic heterocycles. The summed E-state index contributed by atoms with van der Waals surface area (Å²) in [5, 5.41) is 0. The summed E-state index contributed by atoms with van der Waals surface area (Å²) < 4.78 is 10.1. The van der Waals surface area contributed by atoms with E-state index in [2.05, 4.69) is 17.3 Å². The third kappa shape index (κ3) is 7.95. The number of nitrogens with zero attached hydrogens (tertiary/aromatic N) is 2. The lowest BCUT2D eigenvalue weighted by atomic mass is 10.3. The first-order valence-electron chi connectivity index (χ1n) is 6.04. The Kier molecular flexibility index (Phi) is 11.0. The molecule has 6 heteroatoms. The number of rotatable bonds is 9. The average molecular weight is 246 g/mol. The number of nitrogens with one attached hydrogen (secondary N) is 1. The quantitative estimate of drug-likeness (QED) is 0.200. The van der Waals surface area contributed by atoms with Crippen LogP contribution in [0, 0.1) is 0 Å². The largest absolute Gasteiger partial charge is 0.383 e. The molecule has 0 heterocycles. The molecule has 0 saturated carbocycles. The first-order valence-corrected chi connectivity index (χ1v) is 6.04. The van der Waals surface area contributed by atoms with Crippen molar-refractivity contribution in [2.75, 3.05) is 47.1 Å². The van der Waals surface area contributed by atoms with Crippen LogP contribution in [0.4, 0.5) is 0 Å². The van der Waals surface area contributed by atoms with Crippen LogP contribution in [0.2, 0.25) is 0 Å². The summed E-state index contributed by atoms with van der Waals surface area (Å²) in [4.78, 5) is 6.46. The van der Waals surface area contributed by atoms with Crippen LogP contribution in [-0.2, 0) is 9.47 Å². The smallest absolute Gasteiger partial charge is 0.208 e. The van der Waals surface area contributed by atoms with Crippen molar-refractivity contribution in [1.82, 2.24) is 10.3 Å². The second kappa shape index (κ2) is 11.6. The normalized spacial score (nSPS) is 11.6. The molecule has 0 aromatic rings. The predicted molar refractivity (Wildman–Crippen MR) is 69.9 cm³/mol. The maximum atomic E-state index is 5.50. The van der Waals surface area contributed by atoms with E-state index in [1.54, 1.807) is 14.2 Å². The Morgan fingerprint density at radius 3 is 2.24 bits per heavy atom. The van der Waals surface area contributed by atoms with E-state index in [1.165, 1.54) is 0 Å². The van der Waals surface area contributed by atoms with Gasteiger partial charge in [0.15, 0.2) is 0 Å². The van der Waals surface area contributed by atoms with Crippen molar-refractivity contribution in [2.24, 2.45) is 10.8 Å². The monoisotopic (exact) mass is 246 g/mol. The van der Waals surface area contributed by atoms with Crippen molar-refractivity contribution in [2.45, 2.75) is 19.8 Å². The molecule has 0 aliphatic carbocycles. The van der Waals surface area contributed by atoms with E-state index in [0.29, 0.717) is 19.2 Å². The Morgan fingerprint density at radius 1 is 1.24 bits per heavy atom. The minimum absolute atomic E-state index is 0.637. The van der Waals surface area contributed by atoms with Crippen LogP contribution >= 0.6 is 0 Å². The molecule has 0 atom stereocenters. The number of aliphatic imine (C=N–C) groups is 1. The predicted octanol–water partition coefficient (Wildman–Crippen LogP) is 0.201. The fourth-order valence-electron chi connectivity index (χ4n) is 1.31. The fourth-order valence-corrected chi connectivity index (χ4v) is 1.31. The number of hydrazine groups is 1. The molecular formula is C11H26N4O2. The summed E-state index contributed by atoms with van der Waals surface area (Å²) in [7, 11) is 3.36. The maximum absolute atomic E-state index is 5.50. The van der Waals surface area contributed by atoms with E-state index >= 15 is 0 Å². The van der Waals surface area contributed by atoms with Gasteiger partial charge in [-0.05, 0) is 6.42 Å². The Bertz CT molecular complexity index is 192. The molecule has 102 valence electrons. The summed E-state index contributed by atoms with van der Waals surface area (Å²) in [5.41, 5.74) is 2.64. The lowest BCUT2D eigenvalue weighted by Gasteiger charge is -2.25. The number of ether oxygens (including phenoxy) is 2. The van der Waals surface area contributed by atoms with E-state index in [0.717, 1.165) is 32.5 Å². The lowest BCUT2D eigenvalue weighted by Crippen LogP contribution is -2.47. The number of hydrogen-bond acceptors (Lipinski definition) is 4. The third-order valence-electron chi connectivity index (χ3n) is 2.33. The molecule has 0 fully saturated rings. The van der Waals surface area contributed by atoms with E-state index in [1.807, 2.05) is 4.90 Å². The zero-order valence-corrected chi connectivity index (χ0v) is 11.2. The lowest BCUT2D eigenvalue weighted by molar-refractivity contribution is 0.144. The summed E-state index contributed by atoms with van der Waals surface area (Å²) in [6.07, 6.45) is 2.19. The maximum Gasteiger partial charge on any atom is 0.208 e. The van der Waals surface area contributed by atoms with Gasteiger partial charge >= 0.3 is 0 Å². The fraction of sp³-hybridized carbons (Fsp3) is 0.909. The second-order valence-corrected chi connectivity index (χ2v) is 3.68. The van der Waals surface area contributed by atoms with Gasteiger partial charge in [0.2, 0.25) is 5.96 Å². The number of unbranched alkanes of at least 4 members (excludes halogenated alkanes) is 1. The molecule has 17 heavy (non-hydrogen) atoms. The molecule has 0 amide bonds. The highest BCUT2D eigenvalue weighted by molar-refractivity contribution is 5.79. The highest BCUT2D eigenvalue weighted by Gasteiger charge is 2.09. The molecule has 0 aromatic carbocycles. The molecule has 0 aliphatic heterocycles. The van der Waals surface area contributed by atoms with Gasteiger partial charge in [-0.15, -0.1) is 0 Å². The summed E-state index contributed by atoms with van der Waals surface area (Å²) in [6, 6.07) is 0. The molecule has 0 aliphatic rings. The van der Waals surface area contributed by atoms with Gasteiger partial charge < -0.3 is 14.4 Å². The van der Waals surface area contributed by atoms with Crippen LogP contribution in [0.5, 0.6) is 0 Å². The van der Waals surface area contributed by atoms with Gasteiger partial charge in [0.05, 0.1) is 13.2 Å². The zero-order valence-electron chi connectivity index (χ0n) is 11.2. The molecule has 0 spiro atoms. The van der Waals surface area contributed by atoms with Gasteiger partial charge in [-0.2, -0.15) is 0 Å². The van der Waals surface area contributed by atoms with E-state index in [9.17, 15) is 0 Å². The number of hydrogen-bond donors (Lipinski definition) is 2. The Balaban J connectivity index is 4.30. The number of guanidine groups is 1. The minimum Gasteiger partial charge on any atom is -0.383 e. The van der Waals surface area contributed by atoms with E-state index in [-0.39, 0.29) is 0 Å². The molecule has 6 nitrogen and oxygen atoms in total. The van der Waals surface area contributed by atoms with Crippen LogP contribution in [0.25, 0.3) is 0 Å². The Hall–Kier alpha value is -0.850. The first-order chi connectivity index (χ1) is 8.29. The molecule has 3 N–H and O–H groups in total. The van der Waals surface area contributed by atoms with E-state index < -0.39 is 0 Å². The van der Waals surface area contributed by atoms with Gasteiger partial charge in [-0.3, -0.25) is 10.4 Å². The third-order valence-corrected chi connectivity index (χ3v) is 2.33. The molecule has 0 unspecified atom stereocenters. The van der Waals surface area contributed by atoms with Crippen molar-refractivity contribution in [1.29, 1.82) is 0 Å². The van der Waals surface area contributed by atoms with Crippen molar-refractivity contribution in [3.8, 4) is 0 Å². The van der Waals surface area contributed by atoms with Crippen LogP contribution < -0.4 is 11.3 Å². The van der Waals surface area contributed by atoms with Gasteiger partial charge in [0.25, 0.3) is 0 Å². The van der Waals surface area contributed by atoms with E-state index in [4.69, 9.17) is 15.3 Å². The van der Waals surface area contributed by atoms with Gasteiger partial charge in [0, 0.05) is 33.9 Å². The zero-order chi connectivity index (χ0) is 12.9. The molecule has 0 saturated heterocycles. The van der Waals surface area contributed by atoms with Gasteiger partial charge in [-0.1, -0.05) is 13.3 Å². The average Bonchev–Trinajstić information content (AvgIpc) is 2.36. The number of nitrogens with two attached hydrogens (primary N) is 1. The highest BCUT2D eigenvalue weighted by Crippen LogP contribution is 1.94. The van der Waals surface area contributed by atoms with Crippen LogP contribution in [0.3, 0.4) is 0 Å². The standard InChI is InChI=1S/C11H26N4O2/c1-4-5-6-13-11(14-12)15(7-9-16-2)8-10-17-3/h4-10,12H2,1-3H3,(H,13,14). The van der Waals surface area contributed by atoms with Crippen LogP contribution in [0.1, 0.15) is 19.8 Å². The Labute approximate surface area is 104 Å². The van der Waals surface area contributed by atoms with Crippen molar-refractivity contribution < 1.29 is 9.47 Å². The Morgan fingerprint density at radius 2 is 1.82 bits per heavy atom. The van der Waals surface area contributed by atoms with Crippen molar-refractivity contribution in [3.63, 3.8) is 0 Å². The second-order valence-electron chi connectivity index (χ2n) is 3.68. The SMILES string of the molecule is CCCCN=C(NN)N(CCOC)CCOC. The summed E-state index contributed by atoms with van der Waals surface area (Å²) >= 11 is 0. The van der Waals surface area contributed by atoms with Crippen molar-refractivity contribution >= 4 is 5.96 Å². The van der Waals surface area contributed by atoms with Crippen LogP contribution in [0.15, 0.2) is 4.99 Å². The molecular weight excluding hydrogens is 220 g/mol. The molecule has 0 bridgehead atoms. The number of methoxy groups -OCH3 is 2. The molecule has 0 rings (SSSR count). The minimum atomic E-state index is 0.637. The van der Waals surface area contributed by atoms with Crippen molar-refractivity contribution in [3.05, 3.63) is 0 Å². The first kappa shape index (κ1) is 16.1. The van der Waals surface area contributed by atoms with Gasteiger partial charge in [-0.25, -0.2) is 5.84 Å². The molecule has 0 radical (unpaired) electrons. The van der Waals surface area contributed by atoms with Gasteiger partial charge in [0.1, 0.15) is 0 Å². The summed E-state index contributed by atoms with van der Waals surface area (Å²) in [5.74, 6) is 6.20.